The molecule has 8 heteroatoms. The van der Waals surface area contributed by atoms with Crippen molar-refractivity contribution in [3.8, 4) is 0 Å². The number of carbonyl (C=O) groups excluding carboxylic acids is 1. The van der Waals surface area contributed by atoms with E-state index in [2.05, 4.69) is 4.57 Å². The molecule has 7 nitrogen and oxygen atoms in total. The van der Waals surface area contributed by atoms with Crippen LogP contribution in [-0.4, -0.2) is 44.4 Å². The number of para-hydroxylation sites is 1. The van der Waals surface area contributed by atoms with Gasteiger partial charge in [-0.3, -0.25) is 19.8 Å². The van der Waals surface area contributed by atoms with Crippen LogP contribution in [0, 0.1) is 10.1 Å². The van der Waals surface area contributed by atoms with E-state index in [1.54, 1.807) is 31.1 Å². The Hall–Kier alpha value is -3.52. The molecular weight excluding hydrogens is 388 g/mol. The van der Waals surface area contributed by atoms with Crippen LogP contribution < -0.4 is 0 Å². The second-order valence-electron chi connectivity index (χ2n) is 6.89. The number of nitrogens with zero attached hydrogens (tertiary/aromatic N) is 4. The molecule has 29 heavy (non-hydrogen) atoms. The molecule has 1 amide bonds. The molecule has 2 aromatic carbocycles. The first-order valence-electron chi connectivity index (χ1n) is 8.95. The largest absolute Gasteiger partial charge is 0.342 e. The van der Waals surface area contributed by atoms with Gasteiger partial charge in [-0.05, 0) is 29.9 Å². The maximum Gasteiger partial charge on any atom is 0.276 e. The van der Waals surface area contributed by atoms with Crippen molar-refractivity contribution in [2.24, 2.45) is 0 Å². The Bertz CT molecular complexity index is 1180. The average molecular weight is 406 g/mol. The number of thiocarbonyl (C=S) groups is 1. The lowest BCUT2D eigenvalue weighted by atomic mass is 10.1. The van der Waals surface area contributed by atoms with Crippen molar-refractivity contribution in [2.45, 2.75) is 6.54 Å². The SMILES string of the molecule is CN1C(=O)C(=Cc2cn(Cc3ccc([N+](=O)[O-])cc3)c3ccccc23)N(C)C1=S. The van der Waals surface area contributed by atoms with E-state index in [4.69, 9.17) is 12.2 Å². The van der Waals surface area contributed by atoms with Crippen molar-refractivity contribution in [3.63, 3.8) is 0 Å². The molecule has 1 aliphatic rings. The number of likely N-dealkylation sites (N-methyl/N-ethyl adjacent to an activating group) is 2. The number of benzene rings is 2. The monoisotopic (exact) mass is 406 g/mol. The highest BCUT2D eigenvalue weighted by atomic mass is 32.1. The van der Waals surface area contributed by atoms with Crippen molar-refractivity contribution in [2.75, 3.05) is 14.1 Å². The highest BCUT2D eigenvalue weighted by Gasteiger charge is 2.32. The van der Waals surface area contributed by atoms with Crippen LogP contribution in [0.2, 0.25) is 0 Å². The molecule has 1 fully saturated rings. The molecule has 4 rings (SSSR count). The van der Waals surface area contributed by atoms with Crippen LogP contribution in [0.15, 0.2) is 60.4 Å². The van der Waals surface area contributed by atoms with Crippen LogP contribution >= 0.6 is 12.2 Å². The normalized spacial score (nSPS) is 15.7. The minimum Gasteiger partial charge on any atom is -0.342 e. The predicted molar refractivity (Wildman–Crippen MR) is 115 cm³/mol. The lowest BCUT2D eigenvalue weighted by Crippen LogP contribution is -2.26. The molecule has 1 saturated heterocycles. The van der Waals surface area contributed by atoms with E-state index in [0.717, 1.165) is 22.0 Å². The maximum atomic E-state index is 12.5. The molecule has 0 radical (unpaired) electrons. The number of rotatable bonds is 4. The summed E-state index contributed by atoms with van der Waals surface area (Å²) < 4.78 is 2.07. The van der Waals surface area contributed by atoms with Gasteiger partial charge in [-0.1, -0.05) is 30.3 Å². The van der Waals surface area contributed by atoms with Gasteiger partial charge in [0.05, 0.1) is 4.92 Å². The van der Waals surface area contributed by atoms with Crippen LogP contribution in [0.25, 0.3) is 17.0 Å². The second-order valence-corrected chi connectivity index (χ2v) is 7.25. The van der Waals surface area contributed by atoms with Crippen LogP contribution in [0.1, 0.15) is 11.1 Å². The van der Waals surface area contributed by atoms with Crippen LogP contribution in [0.4, 0.5) is 5.69 Å². The zero-order valence-electron chi connectivity index (χ0n) is 15.9. The van der Waals surface area contributed by atoms with E-state index in [0.29, 0.717) is 17.4 Å². The van der Waals surface area contributed by atoms with Crippen molar-refractivity contribution in [1.29, 1.82) is 0 Å². The van der Waals surface area contributed by atoms with E-state index in [1.165, 1.54) is 17.0 Å². The van der Waals surface area contributed by atoms with Crippen molar-refractivity contribution in [1.82, 2.24) is 14.4 Å². The first-order chi connectivity index (χ1) is 13.9. The average Bonchev–Trinajstić information content (AvgIpc) is 3.15. The minimum atomic E-state index is -0.407. The molecule has 0 N–H and O–H groups in total. The number of nitro groups is 1. The topological polar surface area (TPSA) is 71.6 Å². The Morgan fingerprint density at radius 3 is 2.38 bits per heavy atom. The van der Waals surface area contributed by atoms with Gasteiger partial charge < -0.3 is 9.47 Å². The zero-order valence-corrected chi connectivity index (χ0v) is 16.7. The van der Waals surface area contributed by atoms with Crippen molar-refractivity contribution >= 4 is 45.9 Å². The quantitative estimate of drug-likeness (QED) is 0.286. The van der Waals surface area contributed by atoms with Gasteiger partial charge in [-0.2, -0.15) is 0 Å². The van der Waals surface area contributed by atoms with Gasteiger partial charge >= 0.3 is 0 Å². The van der Waals surface area contributed by atoms with E-state index in [1.807, 2.05) is 36.5 Å². The number of carbonyl (C=O) groups is 1. The predicted octanol–water partition coefficient (Wildman–Crippen LogP) is 3.63. The molecule has 0 aliphatic carbocycles. The molecule has 0 bridgehead atoms. The van der Waals surface area contributed by atoms with E-state index in [9.17, 15) is 14.9 Å². The first kappa shape index (κ1) is 18.8. The summed E-state index contributed by atoms with van der Waals surface area (Å²) in [7, 11) is 3.45. The van der Waals surface area contributed by atoms with Crippen molar-refractivity contribution < 1.29 is 9.72 Å². The van der Waals surface area contributed by atoms with E-state index < -0.39 is 4.92 Å². The molecule has 0 unspecified atom stereocenters. The Labute approximate surface area is 172 Å². The summed E-state index contributed by atoms with van der Waals surface area (Å²) in [5, 5.41) is 12.3. The fraction of sp³-hybridized carbons (Fsp3) is 0.143. The Morgan fingerprint density at radius 2 is 1.76 bits per heavy atom. The number of aromatic nitrogens is 1. The lowest BCUT2D eigenvalue weighted by Gasteiger charge is -2.10. The number of hydrogen-bond donors (Lipinski definition) is 0. The van der Waals surface area contributed by atoms with Crippen LogP contribution in [-0.2, 0) is 11.3 Å². The molecule has 1 aliphatic heterocycles. The Morgan fingerprint density at radius 1 is 1.07 bits per heavy atom. The highest BCUT2D eigenvalue weighted by Crippen LogP contribution is 2.27. The number of hydrogen-bond acceptors (Lipinski definition) is 4. The smallest absolute Gasteiger partial charge is 0.276 e. The number of nitro benzene ring substituents is 1. The third kappa shape index (κ3) is 3.27. The molecular formula is C21H18N4O3S. The van der Waals surface area contributed by atoms with Gasteiger partial charge in [-0.15, -0.1) is 0 Å². The van der Waals surface area contributed by atoms with Gasteiger partial charge in [-0.25, -0.2) is 0 Å². The second kappa shape index (κ2) is 7.14. The van der Waals surface area contributed by atoms with Gasteiger partial charge in [0, 0.05) is 55.4 Å². The summed E-state index contributed by atoms with van der Waals surface area (Å²) in [6, 6.07) is 14.5. The minimum absolute atomic E-state index is 0.0689. The summed E-state index contributed by atoms with van der Waals surface area (Å²) in [6.07, 6.45) is 3.84. The Kier molecular flexibility index (Phi) is 4.63. The molecule has 3 aromatic rings. The molecule has 0 atom stereocenters. The van der Waals surface area contributed by atoms with Gasteiger partial charge in [0.25, 0.3) is 11.6 Å². The zero-order chi connectivity index (χ0) is 20.7. The van der Waals surface area contributed by atoms with Gasteiger partial charge in [0.2, 0.25) is 0 Å². The van der Waals surface area contributed by atoms with Crippen LogP contribution in [0.3, 0.4) is 0 Å². The molecule has 1 aromatic heterocycles. The summed E-state index contributed by atoms with van der Waals surface area (Å²) in [6.45, 7) is 0.559. The Balaban J connectivity index is 1.74. The number of amides is 1. The highest BCUT2D eigenvalue weighted by molar-refractivity contribution is 7.80. The standard InChI is InChI=1S/C21H18N4O3S/c1-22-19(20(26)23(2)21(22)29)11-15-13-24(18-6-4-3-5-17(15)18)12-14-7-9-16(10-8-14)25(27)28/h3-11,13H,12H2,1-2H3. The fourth-order valence-electron chi connectivity index (χ4n) is 3.48. The first-order valence-corrected chi connectivity index (χ1v) is 9.36. The molecule has 146 valence electrons. The van der Waals surface area contributed by atoms with Gasteiger partial charge in [0.1, 0.15) is 5.70 Å². The number of fused-ring (bicyclic) bond motifs is 1. The molecule has 0 spiro atoms. The molecule has 2 heterocycles. The third-order valence-electron chi connectivity index (χ3n) is 5.07. The van der Waals surface area contributed by atoms with Gasteiger partial charge in [0.15, 0.2) is 5.11 Å². The van der Waals surface area contributed by atoms with E-state index >= 15 is 0 Å². The summed E-state index contributed by atoms with van der Waals surface area (Å²) >= 11 is 5.29. The third-order valence-corrected chi connectivity index (χ3v) is 5.62. The summed E-state index contributed by atoms with van der Waals surface area (Å²) in [5.74, 6) is -0.135. The summed E-state index contributed by atoms with van der Waals surface area (Å²) in [4.78, 5) is 26.1. The fourth-order valence-corrected chi connectivity index (χ4v) is 3.66. The maximum absolute atomic E-state index is 12.5. The number of non-ortho nitro benzene ring substituents is 1. The van der Waals surface area contributed by atoms with Crippen LogP contribution in [0.5, 0.6) is 0 Å². The van der Waals surface area contributed by atoms with E-state index in [-0.39, 0.29) is 11.6 Å². The molecule has 0 saturated carbocycles. The lowest BCUT2D eigenvalue weighted by molar-refractivity contribution is -0.384. The van der Waals surface area contributed by atoms with Crippen molar-refractivity contribution in [3.05, 3.63) is 81.7 Å². The summed E-state index contributed by atoms with van der Waals surface area (Å²) in [5.41, 5.74) is 3.47.